The zero-order valence-electron chi connectivity index (χ0n) is 9.90. The van der Waals surface area contributed by atoms with Crippen molar-refractivity contribution in [2.24, 2.45) is 0 Å². The Morgan fingerprint density at radius 1 is 1.59 bits per heavy atom. The maximum Gasteiger partial charge on any atom is 0.227 e. The summed E-state index contributed by atoms with van der Waals surface area (Å²) >= 11 is 0. The van der Waals surface area contributed by atoms with Crippen LogP contribution in [0.4, 0.5) is 0 Å². The number of carbonyl (C=O) groups excluding carboxylic acids is 1. The highest BCUT2D eigenvalue weighted by atomic mass is 16.5. The molecule has 1 heterocycles. The van der Waals surface area contributed by atoms with Crippen LogP contribution < -0.4 is 5.32 Å². The quantitative estimate of drug-likeness (QED) is 0.773. The molecule has 1 aromatic rings. The van der Waals surface area contributed by atoms with Gasteiger partial charge in [0.1, 0.15) is 0 Å². The summed E-state index contributed by atoms with van der Waals surface area (Å²) < 4.78 is 4.90. The van der Waals surface area contributed by atoms with Crippen LogP contribution in [-0.4, -0.2) is 33.3 Å². The van der Waals surface area contributed by atoms with Gasteiger partial charge >= 0.3 is 0 Å². The van der Waals surface area contributed by atoms with Crippen LogP contribution in [-0.2, 0) is 11.2 Å². The molecule has 94 valence electrons. The first-order chi connectivity index (χ1) is 8.07. The van der Waals surface area contributed by atoms with Crippen LogP contribution in [0.25, 0.3) is 0 Å². The molecule has 1 amide bonds. The lowest BCUT2D eigenvalue weighted by Crippen LogP contribution is -2.47. The average Bonchev–Trinajstić information content (AvgIpc) is 2.67. The lowest BCUT2D eigenvalue weighted by Gasteiger charge is -2.36. The highest BCUT2D eigenvalue weighted by Gasteiger charge is 2.34. The number of nitrogens with zero attached hydrogens (tertiary/aromatic N) is 2. The largest absolute Gasteiger partial charge is 0.388 e. The van der Waals surface area contributed by atoms with Gasteiger partial charge in [0.15, 0.2) is 5.82 Å². The van der Waals surface area contributed by atoms with E-state index in [1.54, 1.807) is 6.92 Å². The lowest BCUT2D eigenvalue weighted by atomic mass is 9.80. The monoisotopic (exact) mass is 239 g/mol. The Morgan fingerprint density at radius 2 is 2.35 bits per heavy atom. The van der Waals surface area contributed by atoms with Crippen molar-refractivity contribution in [3.8, 4) is 0 Å². The second-order valence-electron chi connectivity index (χ2n) is 4.59. The van der Waals surface area contributed by atoms with Crippen molar-refractivity contribution in [1.82, 2.24) is 15.5 Å². The minimum absolute atomic E-state index is 0.0961. The molecular weight excluding hydrogens is 222 g/mol. The summed E-state index contributed by atoms with van der Waals surface area (Å²) in [6.45, 7) is 2.08. The summed E-state index contributed by atoms with van der Waals surface area (Å²) in [5.41, 5.74) is -0.670. The predicted molar refractivity (Wildman–Crippen MR) is 59.2 cm³/mol. The molecule has 1 fully saturated rings. The van der Waals surface area contributed by atoms with Gasteiger partial charge in [-0.05, 0) is 26.2 Å². The Hall–Kier alpha value is -1.43. The molecule has 6 nitrogen and oxygen atoms in total. The summed E-state index contributed by atoms with van der Waals surface area (Å²) in [7, 11) is 0. The molecule has 0 radical (unpaired) electrons. The second-order valence-corrected chi connectivity index (χ2v) is 4.59. The fraction of sp³-hybridized carbons (Fsp3) is 0.727. The third kappa shape index (κ3) is 3.26. The molecule has 0 aliphatic heterocycles. The summed E-state index contributed by atoms with van der Waals surface area (Å²) in [5, 5.41) is 16.2. The van der Waals surface area contributed by atoms with Gasteiger partial charge in [-0.2, -0.15) is 4.98 Å². The Labute approximate surface area is 99.4 Å². The molecule has 0 aromatic carbocycles. The van der Waals surface area contributed by atoms with Crippen LogP contribution in [0.15, 0.2) is 4.52 Å². The Balaban J connectivity index is 1.67. The number of aromatic nitrogens is 2. The third-order valence-corrected chi connectivity index (χ3v) is 3.03. The molecule has 0 spiro atoms. The Bertz CT molecular complexity index is 398. The molecule has 6 heteroatoms. The van der Waals surface area contributed by atoms with E-state index in [4.69, 9.17) is 4.52 Å². The maximum atomic E-state index is 11.5. The fourth-order valence-electron chi connectivity index (χ4n) is 1.78. The molecule has 0 bridgehead atoms. The van der Waals surface area contributed by atoms with Gasteiger partial charge < -0.3 is 14.9 Å². The zero-order valence-corrected chi connectivity index (χ0v) is 9.90. The topological polar surface area (TPSA) is 88.2 Å². The Kier molecular flexibility index (Phi) is 3.42. The number of rotatable bonds is 5. The number of aliphatic hydroxyl groups is 1. The minimum Gasteiger partial charge on any atom is -0.388 e. The van der Waals surface area contributed by atoms with Crippen molar-refractivity contribution in [2.45, 2.75) is 44.6 Å². The van der Waals surface area contributed by atoms with E-state index < -0.39 is 5.60 Å². The van der Waals surface area contributed by atoms with E-state index in [2.05, 4.69) is 15.5 Å². The number of amides is 1. The van der Waals surface area contributed by atoms with Gasteiger partial charge in [0, 0.05) is 19.4 Å². The standard InChI is InChI=1S/C11H17N3O3/c1-8-13-10(17-14-8)4-3-9(15)12-7-11(16)5-2-6-11/h16H,2-7H2,1H3,(H,12,15). The van der Waals surface area contributed by atoms with Gasteiger partial charge in [-0.1, -0.05) is 5.16 Å². The molecule has 1 aliphatic rings. The molecule has 17 heavy (non-hydrogen) atoms. The normalized spacial score (nSPS) is 17.5. The summed E-state index contributed by atoms with van der Waals surface area (Å²) in [5.74, 6) is 0.949. The Morgan fingerprint density at radius 3 is 2.88 bits per heavy atom. The number of aryl methyl sites for hydroxylation is 2. The third-order valence-electron chi connectivity index (χ3n) is 3.03. The van der Waals surface area contributed by atoms with Crippen molar-refractivity contribution in [2.75, 3.05) is 6.54 Å². The molecule has 0 atom stereocenters. The number of hydrogen-bond acceptors (Lipinski definition) is 5. The molecular formula is C11H17N3O3. The van der Waals surface area contributed by atoms with E-state index >= 15 is 0 Å². The van der Waals surface area contributed by atoms with Crippen molar-refractivity contribution in [3.63, 3.8) is 0 Å². The van der Waals surface area contributed by atoms with E-state index in [9.17, 15) is 9.90 Å². The summed E-state index contributed by atoms with van der Waals surface area (Å²) in [6, 6.07) is 0. The smallest absolute Gasteiger partial charge is 0.227 e. The lowest BCUT2D eigenvalue weighted by molar-refractivity contribution is -0.123. The number of carbonyl (C=O) groups is 1. The SMILES string of the molecule is Cc1noc(CCC(=O)NCC2(O)CCC2)n1. The second kappa shape index (κ2) is 4.83. The first-order valence-electron chi connectivity index (χ1n) is 5.86. The van der Waals surface area contributed by atoms with Crippen molar-refractivity contribution < 1.29 is 14.4 Å². The molecule has 2 N–H and O–H groups in total. The van der Waals surface area contributed by atoms with Gasteiger partial charge in [-0.25, -0.2) is 0 Å². The van der Waals surface area contributed by atoms with E-state index in [1.807, 2.05) is 0 Å². The first kappa shape index (κ1) is 12.0. The molecule has 1 aromatic heterocycles. The minimum atomic E-state index is -0.670. The van der Waals surface area contributed by atoms with Crippen LogP contribution in [0.5, 0.6) is 0 Å². The van der Waals surface area contributed by atoms with Gasteiger partial charge in [0.2, 0.25) is 11.8 Å². The van der Waals surface area contributed by atoms with Crippen LogP contribution in [0.2, 0.25) is 0 Å². The van der Waals surface area contributed by atoms with E-state index in [0.29, 0.717) is 31.1 Å². The van der Waals surface area contributed by atoms with E-state index in [1.165, 1.54) is 0 Å². The number of hydrogen-bond donors (Lipinski definition) is 2. The zero-order chi connectivity index (χ0) is 12.3. The van der Waals surface area contributed by atoms with Gasteiger partial charge in [-0.15, -0.1) is 0 Å². The van der Waals surface area contributed by atoms with E-state index in [-0.39, 0.29) is 5.91 Å². The number of nitrogens with one attached hydrogen (secondary N) is 1. The van der Waals surface area contributed by atoms with Gasteiger partial charge in [0.05, 0.1) is 5.60 Å². The summed E-state index contributed by atoms with van der Waals surface area (Å²) in [6.07, 6.45) is 3.32. The molecule has 0 unspecified atom stereocenters. The predicted octanol–water partition coefficient (Wildman–Crippen LogP) is 0.342. The maximum absolute atomic E-state index is 11.5. The van der Waals surface area contributed by atoms with Gasteiger partial charge in [-0.3, -0.25) is 4.79 Å². The fourth-order valence-corrected chi connectivity index (χ4v) is 1.78. The van der Waals surface area contributed by atoms with Crippen molar-refractivity contribution in [3.05, 3.63) is 11.7 Å². The first-order valence-corrected chi connectivity index (χ1v) is 5.86. The van der Waals surface area contributed by atoms with Gasteiger partial charge in [0.25, 0.3) is 0 Å². The highest BCUT2D eigenvalue weighted by molar-refractivity contribution is 5.76. The molecule has 1 aliphatic carbocycles. The van der Waals surface area contributed by atoms with Crippen LogP contribution in [0.3, 0.4) is 0 Å². The van der Waals surface area contributed by atoms with Crippen molar-refractivity contribution >= 4 is 5.91 Å². The highest BCUT2D eigenvalue weighted by Crippen LogP contribution is 2.30. The molecule has 0 saturated heterocycles. The summed E-state index contributed by atoms with van der Waals surface area (Å²) in [4.78, 5) is 15.5. The van der Waals surface area contributed by atoms with Crippen LogP contribution in [0.1, 0.15) is 37.4 Å². The van der Waals surface area contributed by atoms with Crippen LogP contribution in [0, 0.1) is 6.92 Å². The molecule has 2 rings (SSSR count). The van der Waals surface area contributed by atoms with Crippen LogP contribution >= 0.6 is 0 Å². The van der Waals surface area contributed by atoms with Crippen molar-refractivity contribution in [1.29, 1.82) is 0 Å². The molecule has 1 saturated carbocycles. The average molecular weight is 239 g/mol. The van der Waals surface area contributed by atoms with E-state index in [0.717, 1.165) is 19.3 Å².